The van der Waals surface area contributed by atoms with Crippen molar-refractivity contribution in [3.63, 3.8) is 0 Å². The van der Waals surface area contributed by atoms with Crippen molar-refractivity contribution in [1.29, 1.82) is 0 Å². The third-order valence-corrected chi connectivity index (χ3v) is 1.74. The predicted octanol–water partition coefficient (Wildman–Crippen LogP) is 0.857. The van der Waals surface area contributed by atoms with E-state index in [1.807, 2.05) is 0 Å². The Morgan fingerprint density at radius 2 is 2.38 bits per heavy atom. The van der Waals surface area contributed by atoms with E-state index in [2.05, 4.69) is 5.10 Å². The molecule has 1 N–H and O–H groups in total. The third kappa shape index (κ3) is 3.38. The SMILES string of the molecule is CC(C)(O)CCn1cc(C=O)cn1. The lowest BCUT2D eigenvalue weighted by atomic mass is 10.1. The monoisotopic (exact) mass is 182 g/mol. The van der Waals surface area contributed by atoms with Gasteiger partial charge in [-0.2, -0.15) is 5.10 Å². The summed E-state index contributed by atoms with van der Waals surface area (Å²) in [6.07, 6.45) is 4.55. The van der Waals surface area contributed by atoms with Gasteiger partial charge in [0.15, 0.2) is 6.29 Å². The minimum absolute atomic E-state index is 0.566. The highest BCUT2D eigenvalue weighted by Crippen LogP contribution is 2.08. The second kappa shape index (κ2) is 3.70. The minimum Gasteiger partial charge on any atom is -0.390 e. The second-order valence-electron chi connectivity index (χ2n) is 3.72. The van der Waals surface area contributed by atoms with Gasteiger partial charge in [-0.05, 0) is 20.3 Å². The molecule has 0 spiro atoms. The first-order valence-corrected chi connectivity index (χ1v) is 4.21. The molecule has 0 fully saturated rings. The van der Waals surface area contributed by atoms with Crippen LogP contribution in [0.25, 0.3) is 0 Å². The van der Waals surface area contributed by atoms with Crippen molar-refractivity contribution < 1.29 is 9.90 Å². The van der Waals surface area contributed by atoms with Crippen molar-refractivity contribution in [2.75, 3.05) is 0 Å². The van der Waals surface area contributed by atoms with Crippen molar-refractivity contribution in [3.05, 3.63) is 18.0 Å². The molecule has 1 aromatic rings. The van der Waals surface area contributed by atoms with E-state index in [4.69, 9.17) is 0 Å². The van der Waals surface area contributed by atoms with Gasteiger partial charge in [-0.3, -0.25) is 9.48 Å². The van der Waals surface area contributed by atoms with E-state index in [0.29, 0.717) is 18.5 Å². The van der Waals surface area contributed by atoms with Gasteiger partial charge >= 0.3 is 0 Å². The summed E-state index contributed by atoms with van der Waals surface area (Å²) < 4.78 is 1.65. The Balaban J connectivity index is 2.50. The first kappa shape index (κ1) is 9.92. The molecule has 4 nitrogen and oxygen atoms in total. The molecule has 0 radical (unpaired) electrons. The van der Waals surface area contributed by atoms with Crippen LogP contribution in [0.1, 0.15) is 30.6 Å². The molecule has 0 atom stereocenters. The average molecular weight is 182 g/mol. The number of hydrogen-bond donors (Lipinski definition) is 1. The largest absolute Gasteiger partial charge is 0.390 e. The topological polar surface area (TPSA) is 55.1 Å². The number of rotatable bonds is 4. The number of aryl methyl sites for hydroxylation is 1. The van der Waals surface area contributed by atoms with E-state index in [-0.39, 0.29) is 0 Å². The maximum absolute atomic E-state index is 10.3. The molecule has 4 heteroatoms. The Morgan fingerprint density at radius 3 is 2.85 bits per heavy atom. The van der Waals surface area contributed by atoms with E-state index in [1.54, 1.807) is 24.7 Å². The van der Waals surface area contributed by atoms with Crippen molar-refractivity contribution >= 4 is 6.29 Å². The molecule has 0 aliphatic rings. The Kier molecular flexibility index (Phi) is 2.83. The summed E-state index contributed by atoms with van der Waals surface area (Å²) in [5.41, 5.74) is -0.122. The lowest BCUT2D eigenvalue weighted by Crippen LogP contribution is -2.21. The van der Waals surface area contributed by atoms with Crippen LogP contribution in [0.15, 0.2) is 12.4 Å². The van der Waals surface area contributed by atoms with Crippen LogP contribution < -0.4 is 0 Å². The van der Waals surface area contributed by atoms with Crippen LogP contribution in [0.5, 0.6) is 0 Å². The number of aliphatic hydroxyl groups is 1. The van der Waals surface area contributed by atoms with Crippen LogP contribution in [0.4, 0.5) is 0 Å². The quantitative estimate of drug-likeness (QED) is 0.702. The second-order valence-corrected chi connectivity index (χ2v) is 3.72. The molecule has 0 saturated heterocycles. The highest BCUT2D eigenvalue weighted by molar-refractivity contribution is 5.73. The molecular formula is C9H14N2O2. The molecule has 1 heterocycles. The van der Waals surface area contributed by atoms with E-state index < -0.39 is 5.60 Å². The van der Waals surface area contributed by atoms with Crippen LogP contribution in [-0.4, -0.2) is 26.8 Å². The summed E-state index contributed by atoms with van der Waals surface area (Å²) in [7, 11) is 0. The van der Waals surface area contributed by atoms with Crippen LogP contribution in [0.2, 0.25) is 0 Å². The number of carbonyl (C=O) groups excluding carboxylic acids is 1. The maximum Gasteiger partial charge on any atom is 0.153 e. The summed E-state index contributed by atoms with van der Waals surface area (Å²) in [4.78, 5) is 10.3. The molecule has 1 rings (SSSR count). The lowest BCUT2D eigenvalue weighted by molar-refractivity contribution is 0.0651. The minimum atomic E-state index is -0.687. The van der Waals surface area contributed by atoms with E-state index in [9.17, 15) is 9.90 Å². The van der Waals surface area contributed by atoms with Crippen LogP contribution in [0.3, 0.4) is 0 Å². The van der Waals surface area contributed by atoms with Crippen LogP contribution in [0, 0.1) is 0 Å². The Bertz CT molecular complexity index is 286. The molecule has 0 saturated carbocycles. The first-order valence-electron chi connectivity index (χ1n) is 4.21. The van der Waals surface area contributed by atoms with Gasteiger partial charge < -0.3 is 5.11 Å². The van der Waals surface area contributed by atoms with Gasteiger partial charge in [-0.15, -0.1) is 0 Å². The zero-order chi connectivity index (χ0) is 9.90. The Hall–Kier alpha value is -1.16. The first-order chi connectivity index (χ1) is 6.01. The van der Waals surface area contributed by atoms with Gasteiger partial charge in [-0.25, -0.2) is 0 Å². The number of carbonyl (C=O) groups is 1. The van der Waals surface area contributed by atoms with Gasteiger partial charge in [0.1, 0.15) is 0 Å². The fourth-order valence-corrected chi connectivity index (χ4v) is 0.951. The lowest BCUT2D eigenvalue weighted by Gasteiger charge is -2.16. The summed E-state index contributed by atoms with van der Waals surface area (Å²) >= 11 is 0. The highest BCUT2D eigenvalue weighted by atomic mass is 16.3. The van der Waals surface area contributed by atoms with Crippen LogP contribution >= 0.6 is 0 Å². The summed E-state index contributed by atoms with van der Waals surface area (Å²) in [5, 5.41) is 13.4. The third-order valence-electron chi connectivity index (χ3n) is 1.74. The van der Waals surface area contributed by atoms with Gasteiger partial charge in [0.2, 0.25) is 0 Å². The number of aromatic nitrogens is 2. The Labute approximate surface area is 77.2 Å². The van der Waals surface area contributed by atoms with Gasteiger partial charge in [0, 0.05) is 12.7 Å². The molecular weight excluding hydrogens is 168 g/mol. The molecule has 1 aromatic heterocycles. The summed E-state index contributed by atoms with van der Waals surface area (Å²) in [6, 6.07) is 0. The van der Waals surface area contributed by atoms with Gasteiger partial charge in [0.05, 0.1) is 17.4 Å². The van der Waals surface area contributed by atoms with E-state index in [1.165, 1.54) is 6.20 Å². The molecule has 72 valence electrons. The highest BCUT2D eigenvalue weighted by Gasteiger charge is 2.12. The number of nitrogens with zero attached hydrogens (tertiary/aromatic N) is 2. The zero-order valence-electron chi connectivity index (χ0n) is 7.90. The molecule has 13 heavy (non-hydrogen) atoms. The summed E-state index contributed by atoms with van der Waals surface area (Å²) in [6.45, 7) is 4.12. The molecule has 0 amide bonds. The smallest absolute Gasteiger partial charge is 0.153 e. The van der Waals surface area contributed by atoms with Crippen molar-refractivity contribution in [2.45, 2.75) is 32.4 Å². The predicted molar refractivity (Wildman–Crippen MR) is 48.5 cm³/mol. The van der Waals surface area contributed by atoms with Gasteiger partial charge in [-0.1, -0.05) is 0 Å². The number of aldehydes is 1. The average Bonchev–Trinajstić information content (AvgIpc) is 2.47. The maximum atomic E-state index is 10.3. The standard InChI is InChI=1S/C9H14N2O2/c1-9(2,13)3-4-11-6-8(7-12)5-10-11/h5-7,13H,3-4H2,1-2H3. The fourth-order valence-electron chi connectivity index (χ4n) is 0.951. The molecule has 0 bridgehead atoms. The van der Waals surface area contributed by atoms with Crippen molar-refractivity contribution in [1.82, 2.24) is 9.78 Å². The van der Waals surface area contributed by atoms with Crippen molar-refractivity contribution in [3.8, 4) is 0 Å². The normalized spacial score (nSPS) is 11.6. The van der Waals surface area contributed by atoms with Gasteiger partial charge in [0.25, 0.3) is 0 Å². The van der Waals surface area contributed by atoms with Crippen LogP contribution in [-0.2, 0) is 6.54 Å². The molecule has 0 aliphatic heterocycles. The van der Waals surface area contributed by atoms with E-state index >= 15 is 0 Å². The fraction of sp³-hybridized carbons (Fsp3) is 0.556. The number of hydrogen-bond acceptors (Lipinski definition) is 3. The van der Waals surface area contributed by atoms with Crippen molar-refractivity contribution in [2.24, 2.45) is 0 Å². The molecule has 0 aromatic carbocycles. The Morgan fingerprint density at radius 1 is 1.69 bits per heavy atom. The summed E-state index contributed by atoms with van der Waals surface area (Å²) in [5.74, 6) is 0. The zero-order valence-corrected chi connectivity index (χ0v) is 7.90. The molecule has 0 unspecified atom stereocenters. The van der Waals surface area contributed by atoms with E-state index in [0.717, 1.165) is 6.29 Å². The molecule has 0 aliphatic carbocycles.